The third kappa shape index (κ3) is 4.35. The van der Waals surface area contributed by atoms with E-state index in [2.05, 4.69) is 133 Å². The van der Waals surface area contributed by atoms with Gasteiger partial charge in [0.2, 0.25) is 0 Å². The van der Waals surface area contributed by atoms with Gasteiger partial charge in [0.15, 0.2) is 0 Å². The van der Waals surface area contributed by atoms with Crippen molar-refractivity contribution in [3.63, 3.8) is 0 Å². The fourth-order valence-corrected chi connectivity index (χ4v) is 7.34. The Morgan fingerprint density at radius 3 is 1.88 bits per heavy atom. The number of fused-ring (bicyclic) bond motifs is 3. The summed E-state index contributed by atoms with van der Waals surface area (Å²) < 4.78 is 0. The molecular formula is C42H33N. The fourth-order valence-electron chi connectivity index (χ4n) is 7.34. The summed E-state index contributed by atoms with van der Waals surface area (Å²) in [5.74, 6) is 0. The smallest absolute Gasteiger partial charge is 0.0345 e. The van der Waals surface area contributed by atoms with Crippen LogP contribution in [0.4, 0.5) is 0 Å². The van der Waals surface area contributed by atoms with Crippen LogP contribution >= 0.6 is 0 Å². The summed E-state index contributed by atoms with van der Waals surface area (Å²) in [6.45, 7) is 2.18. The van der Waals surface area contributed by atoms with E-state index >= 15 is 0 Å². The van der Waals surface area contributed by atoms with Crippen LogP contribution in [0.15, 0.2) is 128 Å². The topological polar surface area (TPSA) is 12.9 Å². The van der Waals surface area contributed by atoms with E-state index in [0.717, 1.165) is 25.7 Å². The Hall–Kier alpha value is -5.01. The number of aryl methyl sites for hydroxylation is 1. The van der Waals surface area contributed by atoms with Crippen molar-refractivity contribution in [3.8, 4) is 11.1 Å². The first kappa shape index (κ1) is 25.7. The Kier molecular flexibility index (Phi) is 6.38. The minimum atomic E-state index is 1.02. The van der Waals surface area contributed by atoms with E-state index in [1.54, 1.807) is 0 Å². The van der Waals surface area contributed by atoms with Crippen LogP contribution < -0.4 is 10.4 Å². The molecule has 0 atom stereocenters. The zero-order valence-corrected chi connectivity index (χ0v) is 24.5. The maximum Gasteiger partial charge on any atom is 0.0345 e. The van der Waals surface area contributed by atoms with E-state index in [4.69, 9.17) is 0 Å². The monoisotopic (exact) mass is 551 g/mol. The van der Waals surface area contributed by atoms with Gasteiger partial charge in [0.05, 0.1) is 0 Å². The number of pyridine rings is 1. The number of hydrogen-bond donors (Lipinski definition) is 0. The number of aromatic nitrogens is 1. The van der Waals surface area contributed by atoms with E-state index in [1.807, 2.05) is 12.4 Å². The molecule has 2 aliphatic carbocycles. The molecule has 2 aliphatic rings. The highest BCUT2D eigenvalue weighted by Crippen LogP contribution is 2.43. The van der Waals surface area contributed by atoms with Crippen molar-refractivity contribution in [2.75, 3.05) is 0 Å². The summed E-state index contributed by atoms with van der Waals surface area (Å²) in [5, 5.41) is 8.13. The van der Waals surface area contributed by atoms with E-state index in [-0.39, 0.29) is 0 Å². The zero-order valence-electron chi connectivity index (χ0n) is 24.5. The summed E-state index contributed by atoms with van der Waals surface area (Å²) in [6, 6.07) is 38.0. The van der Waals surface area contributed by atoms with Gasteiger partial charge in [-0.3, -0.25) is 4.98 Å². The van der Waals surface area contributed by atoms with Crippen molar-refractivity contribution in [2.24, 2.45) is 0 Å². The van der Waals surface area contributed by atoms with E-state index in [0.29, 0.717) is 0 Å². The Balaban J connectivity index is 1.39. The third-order valence-corrected chi connectivity index (χ3v) is 9.35. The maximum absolute atomic E-state index is 4.41. The van der Waals surface area contributed by atoms with Crippen LogP contribution in [0.25, 0.3) is 55.5 Å². The standard InChI is InChI=1S/C42H33N/c1-28-25-26-43-27-40(28)30-21-23-31(24-22-30)41-36-13-5-7-15-38(36)42(39-16-8-6-14-37(39)41)35-20-10-18-33-32(17-9-19-34(33)35)29-11-3-2-4-12-29/h2-9,11-19,21,23,25-27H,10,20,22,24H2,1H3. The van der Waals surface area contributed by atoms with E-state index in [9.17, 15) is 0 Å². The molecule has 43 heavy (non-hydrogen) atoms. The highest BCUT2D eigenvalue weighted by Gasteiger charge is 2.21. The SMILES string of the molecule is Cc1ccncc1C1=CC=C(c2c3ccccc3c(C3=c4cccc(-c5ccccc5)c4=CCC3)c3ccccc23)CC1. The number of nitrogens with zero attached hydrogens (tertiary/aromatic N) is 1. The quantitative estimate of drug-likeness (QED) is 0.199. The van der Waals surface area contributed by atoms with Crippen molar-refractivity contribution in [1.82, 2.24) is 4.98 Å². The number of benzene rings is 5. The Morgan fingerprint density at radius 2 is 1.21 bits per heavy atom. The first-order valence-electron chi connectivity index (χ1n) is 15.4. The molecule has 0 saturated heterocycles. The normalized spacial score (nSPS) is 14.7. The van der Waals surface area contributed by atoms with Gasteiger partial charge in [-0.1, -0.05) is 115 Å². The Morgan fingerprint density at radius 1 is 0.558 bits per heavy atom. The molecule has 6 aromatic rings. The summed E-state index contributed by atoms with van der Waals surface area (Å²) >= 11 is 0. The minimum absolute atomic E-state index is 1.02. The van der Waals surface area contributed by atoms with Gasteiger partial charge < -0.3 is 0 Å². The molecule has 1 heterocycles. The number of rotatable bonds is 4. The molecule has 1 aromatic heterocycles. The second-order valence-corrected chi connectivity index (χ2v) is 11.8. The van der Waals surface area contributed by atoms with Crippen LogP contribution in [0.2, 0.25) is 0 Å². The Bertz CT molecular complexity index is 2170. The molecule has 0 radical (unpaired) electrons. The highest BCUT2D eigenvalue weighted by molar-refractivity contribution is 6.16. The highest BCUT2D eigenvalue weighted by atomic mass is 14.6. The van der Waals surface area contributed by atoms with E-state index in [1.165, 1.54) is 82.1 Å². The molecule has 0 fully saturated rings. The second-order valence-electron chi connectivity index (χ2n) is 11.8. The van der Waals surface area contributed by atoms with Crippen LogP contribution in [0.1, 0.15) is 47.9 Å². The first-order valence-corrected chi connectivity index (χ1v) is 15.4. The molecule has 8 rings (SSSR count). The van der Waals surface area contributed by atoms with Gasteiger partial charge in [0.1, 0.15) is 0 Å². The number of allylic oxidation sites excluding steroid dienone is 4. The molecule has 1 heteroatoms. The van der Waals surface area contributed by atoms with Crippen LogP contribution in [0, 0.1) is 6.92 Å². The van der Waals surface area contributed by atoms with Crippen molar-refractivity contribution < 1.29 is 0 Å². The average molecular weight is 552 g/mol. The van der Waals surface area contributed by atoms with Gasteiger partial charge in [-0.25, -0.2) is 0 Å². The summed E-state index contributed by atoms with van der Waals surface area (Å²) in [4.78, 5) is 4.41. The molecule has 0 bridgehead atoms. The molecule has 0 aliphatic heterocycles. The van der Waals surface area contributed by atoms with Crippen LogP contribution in [-0.4, -0.2) is 4.98 Å². The van der Waals surface area contributed by atoms with Crippen LogP contribution in [0.3, 0.4) is 0 Å². The molecule has 0 spiro atoms. The summed E-state index contributed by atoms with van der Waals surface area (Å²) in [7, 11) is 0. The van der Waals surface area contributed by atoms with E-state index < -0.39 is 0 Å². The fraction of sp³-hybridized carbons (Fsp3) is 0.119. The molecule has 0 N–H and O–H groups in total. The minimum Gasteiger partial charge on any atom is -0.264 e. The maximum atomic E-state index is 4.41. The summed E-state index contributed by atoms with van der Waals surface area (Å²) in [5.41, 5.74) is 12.2. The largest absolute Gasteiger partial charge is 0.264 e. The molecule has 5 aromatic carbocycles. The second kappa shape index (κ2) is 10.7. The summed E-state index contributed by atoms with van der Waals surface area (Å²) in [6.07, 6.45) is 15.2. The molecule has 206 valence electrons. The molecule has 0 amide bonds. The molecule has 1 nitrogen and oxygen atoms in total. The first-order chi connectivity index (χ1) is 21.3. The van der Waals surface area contributed by atoms with Gasteiger partial charge in [0, 0.05) is 12.4 Å². The lowest BCUT2D eigenvalue weighted by molar-refractivity contribution is 1.06. The van der Waals surface area contributed by atoms with Gasteiger partial charge >= 0.3 is 0 Å². The average Bonchev–Trinajstić information content (AvgIpc) is 3.07. The lowest BCUT2D eigenvalue weighted by Crippen LogP contribution is -2.31. The van der Waals surface area contributed by atoms with Crippen molar-refractivity contribution in [3.05, 3.63) is 160 Å². The van der Waals surface area contributed by atoms with Crippen molar-refractivity contribution in [1.29, 1.82) is 0 Å². The van der Waals surface area contributed by atoms with Gasteiger partial charge in [-0.2, -0.15) is 0 Å². The predicted octanol–water partition coefficient (Wildman–Crippen LogP) is 9.40. The van der Waals surface area contributed by atoms with Crippen LogP contribution in [0.5, 0.6) is 0 Å². The molecule has 0 saturated carbocycles. The number of hydrogen-bond acceptors (Lipinski definition) is 1. The lowest BCUT2D eigenvalue weighted by atomic mass is 9.80. The zero-order chi connectivity index (χ0) is 28.8. The van der Waals surface area contributed by atoms with Crippen LogP contribution in [-0.2, 0) is 0 Å². The lowest BCUT2D eigenvalue weighted by Gasteiger charge is -2.23. The van der Waals surface area contributed by atoms with Crippen molar-refractivity contribution in [2.45, 2.75) is 32.6 Å². The third-order valence-electron chi connectivity index (χ3n) is 9.35. The molecule has 0 unspecified atom stereocenters. The van der Waals surface area contributed by atoms with Gasteiger partial charge in [0.25, 0.3) is 0 Å². The Labute approximate surface area is 252 Å². The van der Waals surface area contributed by atoms with Gasteiger partial charge in [-0.05, 0) is 121 Å². The predicted molar refractivity (Wildman–Crippen MR) is 183 cm³/mol. The molecular weight excluding hydrogens is 518 g/mol. The van der Waals surface area contributed by atoms with Gasteiger partial charge in [-0.15, -0.1) is 0 Å². The van der Waals surface area contributed by atoms with Crippen molar-refractivity contribution >= 4 is 44.3 Å².